The Morgan fingerprint density at radius 1 is 1.08 bits per heavy atom. The number of halogens is 3. The van der Waals surface area contributed by atoms with E-state index >= 15 is 0 Å². The van der Waals surface area contributed by atoms with Gasteiger partial charge in [0.05, 0.1) is 10.3 Å². The van der Waals surface area contributed by atoms with E-state index in [1.165, 1.54) is 63.4 Å². The van der Waals surface area contributed by atoms with Gasteiger partial charge >= 0.3 is 10.1 Å². The van der Waals surface area contributed by atoms with Crippen LogP contribution in [0, 0.1) is 11.8 Å². The Kier molecular flexibility index (Phi) is 6.48. The van der Waals surface area contributed by atoms with Crippen molar-refractivity contribution in [1.29, 1.82) is 0 Å². The number of amides is 1. The van der Waals surface area contributed by atoms with Crippen LogP contribution in [0.4, 0.5) is 8.78 Å². The number of nitrogens with two attached hydrogens (primary N) is 1. The van der Waals surface area contributed by atoms with Crippen molar-refractivity contribution in [2.45, 2.75) is 24.6 Å². The number of hydrogen-bond acceptors (Lipinski definition) is 7. The van der Waals surface area contributed by atoms with Crippen LogP contribution in [0.15, 0.2) is 59.7 Å². The average Bonchev–Trinajstić information content (AvgIpc) is 3.05. The highest BCUT2D eigenvalue weighted by molar-refractivity contribution is 7.87. The average molecular weight is 535 g/mol. The Hall–Kier alpha value is -3.57. The Morgan fingerprint density at radius 2 is 1.78 bits per heavy atom. The van der Waals surface area contributed by atoms with Crippen molar-refractivity contribution in [3.63, 3.8) is 0 Å². The van der Waals surface area contributed by atoms with Gasteiger partial charge in [-0.2, -0.15) is 12.8 Å². The minimum Gasteiger partial charge on any atom is -0.382 e. The summed E-state index contributed by atoms with van der Waals surface area (Å²) in [5.74, 6) is -2.51. The van der Waals surface area contributed by atoms with Crippen molar-refractivity contribution in [2.75, 3.05) is 7.05 Å². The number of hydrogen-bond donors (Lipinski definition) is 1. The van der Waals surface area contributed by atoms with Gasteiger partial charge in [-0.3, -0.25) is 9.69 Å². The van der Waals surface area contributed by atoms with Crippen LogP contribution in [-0.2, 0) is 20.5 Å². The van der Waals surface area contributed by atoms with E-state index in [2.05, 4.69) is 9.98 Å². The molecule has 1 atom stereocenters. The maximum Gasteiger partial charge on any atom is 0.311 e. The second-order valence-electron chi connectivity index (χ2n) is 8.38. The van der Waals surface area contributed by atoms with Crippen LogP contribution in [0.2, 0.25) is 5.02 Å². The van der Waals surface area contributed by atoms with Crippen molar-refractivity contribution in [2.24, 2.45) is 10.7 Å². The predicted octanol–water partition coefficient (Wildman–Crippen LogP) is 3.83. The number of carbonyl (C=O) groups is 1. The first-order chi connectivity index (χ1) is 16.9. The highest BCUT2D eigenvalue weighted by Crippen LogP contribution is 2.42. The fourth-order valence-corrected chi connectivity index (χ4v) is 4.48. The summed E-state index contributed by atoms with van der Waals surface area (Å²) < 4.78 is 59.2. The molecule has 1 aliphatic heterocycles. The molecule has 0 spiro atoms. The van der Waals surface area contributed by atoms with Crippen molar-refractivity contribution >= 4 is 33.6 Å². The quantitative estimate of drug-likeness (QED) is 0.380. The first-order valence-corrected chi connectivity index (χ1v) is 12.5. The lowest BCUT2D eigenvalue weighted by atomic mass is 9.81. The highest BCUT2D eigenvalue weighted by atomic mass is 35.5. The van der Waals surface area contributed by atoms with Gasteiger partial charge in [-0.1, -0.05) is 29.8 Å². The lowest BCUT2D eigenvalue weighted by Crippen LogP contribution is -2.41. The second kappa shape index (κ2) is 9.14. The van der Waals surface area contributed by atoms with Crippen LogP contribution in [-0.4, -0.2) is 42.5 Å². The molecule has 0 radical (unpaired) electrons. The summed E-state index contributed by atoms with van der Waals surface area (Å²) in [6, 6.07) is 10.6. The van der Waals surface area contributed by atoms with Crippen molar-refractivity contribution < 1.29 is 26.2 Å². The molecular formula is C24H21ClF2N4O4S. The molecule has 2 N–H and O–H groups in total. The summed E-state index contributed by atoms with van der Waals surface area (Å²) in [6.07, 6.45) is 1.08. The highest BCUT2D eigenvalue weighted by Gasteiger charge is 2.50. The van der Waals surface area contributed by atoms with Gasteiger partial charge in [0.15, 0.2) is 11.5 Å². The van der Waals surface area contributed by atoms with Gasteiger partial charge in [0.2, 0.25) is 5.95 Å². The van der Waals surface area contributed by atoms with Crippen LogP contribution < -0.4 is 9.92 Å². The van der Waals surface area contributed by atoms with Crippen LogP contribution in [0.25, 0.3) is 11.1 Å². The smallest absolute Gasteiger partial charge is 0.311 e. The zero-order valence-corrected chi connectivity index (χ0v) is 20.9. The summed E-state index contributed by atoms with van der Waals surface area (Å²) in [6.45, 7) is 2.93. The molecule has 1 amide bonds. The Bertz CT molecular complexity index is 1510. The van der Waals surface area contributed by atoms with Crippen LogP contribution in [0.1, 0.15) is 25.0 Å². The molecule has 3 aromatic rings. The van der Waals surface area contributed by atoms with E-state index in [9.17, 15) is 22.0 Å². The lowest BCUT2D eigenvalue weighted by molar-refractivity contribution is -0.129. The molecule has 2 aromatic carbocycles. The molecule has 1 aliphatic rings. The number of benzene rings is 2. The Labute approximate surface area is 211 Å². The van der Waals surface area contributed by atoms with Crippen LogP contribution >= 0.6 is 11.6 Å². The molecule has 1 unspecified atom stereocenters. The largest absolute Gasteiger partial charge is 0.382 e. The fourth-order valence-electron chi connectivity index (χ4n) is 3.76. The number of pyridine rings is 1. The Balaban J connectivity index is 1.94. The molecule has 36 heavy (non-hydrogen) atoms. The van der Waals surface area contributed by atoms with Gasteiger partial charge in [0.25, 0.3) is 5.91 Å². The van der Waals surface area contributed by atoms with E-state index in [-0.39, 0.29) is 39.0 Å². The van der Waals surface area contributed by atoms with Gasteiger partial charge in [-0.15, -0.1) is 0 Å². The number of nitrogens with zero attached hydrogens (tertiary/aromatic N) is 3. The molecule has 0 saturated heterocycles. The summed E-state index contributed by atoms with van der Waals surface area (Å²) in [5.41, 5.74) is 4.10. The topological polar surface area (TPSA) is 115 Å². The predicted molar refractivity (Wildman–Crippen MR) is 131 cm³/mol. The SMILES string of the molecule is CC(C)S(=O)(=O)Oc1cccc(C2(c3ccc(F)c(-c4cc(Cl)cnc4F)c3)N=C(N)N(C)C2=O)c1. The van der Waals surface area contributed by atoms with E-state index in [0.29, 0.717) is 0 Å². The normalized spacial score (nSPS) is 18.0. The minimum absolute atomic E-state index is 0.0517. The molecule has 8 nitrogen and oxygen atoms in total. The molecule has 188 valence electrons. The summed E-state index contributed by atoms with van der Waals surface area (Å²) >= 11 is 5.95. The van der Waals surface area contributed by atoms with Gasteiger partial charge in [0, 0.05) is 24.4 Å². The molecule has 0 saturated carbocycles. The number of guanidine groups is 1. The molecule has 1 aromatic heterocycles. The number of likely N-dealkylation sites (N-methyl/N-ethyl adjacent to an activating group) is 1. The number of aromatic nitrogens is 1. The summed E-state index contributed by atoms with van der Waals surface area (Å²) in [4.78, 5) is 22.6. The van der Waals surface area contributed by atoms with Crippen molar-refractivity contribution in [3.05, 3.63) is 82.6 Å². The maximum absolute atomic E-state index is 14.9. The third-order valence-corrected chi connectivity index (χ3v) is 7.55. The van der Waals surface area contributed by atoms with E-state index in [1.54, 1.807) is 0 Å². The van der Waals surface area contributed by atoms with Crippen molar-refractivity contribution in [1.82, 2.24) is 9.88 Å². The van der Waals surface area contributed by atoms with Crippen LogP contribution in [0.5, 0.6) is 5.75 Å². The van der Waals surface area contributed by atoms with Crippen molar-refractivity contribution in [3.8, 4) is 16.9 Å². The Morgan fingerprint density at radius 3 is 2.42 bits per heavy atom. The monoisotopic (exact) mass is 534 g/mol. The standard InChI is InChI=1S/C24H21ClF2N4O4S/c1-13(2)36(33,34)35-17-6-4-5-14(9-17)24(22(32)31(3)23(28)30-24)15-7-8-20(26)18(10-15)19-11-16(25)12-29-21(19)27/h4-13H,1-3H3,(H2,28,30). The fraction of sp³-hybridized carbons (Fsp3) is 0.208. The maximum atomic E-state index is 14.9. The van der Waals surface area contributed by atoms with Gasteiger partial charge in [0.1, 0.15) is 11.6 Å². The van der Waals surface area contributed by atoms with E-state index in [1.807, 2.05) is 0 Å². The number of aliphatic imine (C=N–C) groups is 1. The number of carbonyl (C=O) groups excluding carboxylic acids is 1. The zero-order chi connectivity index (χ0) is 26.4. The molecule has 12 heteroatoms. The van der Waals surface area contributed by atoms with Crippen LogP contribution in [0.3, 0.4) is 0 Å². The van der Waals surface area contributed by atoms with Gasteiger partial charge in [-0.05, 0) is 55.3 Å². The third kappa shape index (κ3) is 4.28. The molecule has 0 aliphatic carbocycles. The molecule has 2 heterocycles. The molecule has 4 rings (SSSR count). The minimum atomic E-state index is -3.93. The molecule has 0 bridgehead atoms. The second-order valence-corrected chi connectivity index (χ2v) is 10.9. The first-order valence-electron chi connectivity index (χ1n) is 10.7. The van der Waals surface area contributed by atoms with E-state index < -0.39 is 38.6 Å². The number of rotatable bonds is 6. The molecule has 0 fully saturated rings. The summed E-state index contributed by atoms with van der Waals surface area (Å²) in [7, 11) is -2.52. The van der Waals surface area contributed by atoms with Gasteiger partial charge < -0.3 is 9.92 Å². The zero-order valence-electron chi connectivity index (χ0n) is 19.4. The van der Waals surface area contributed by atoms with E-state index in [0.717, 1.165) is 17.2 Å². The third-order valence-electron chi connectivity index (χ3n) is 5.76. The molecular weight excluding hydrogens is 514 g/mol. The lowest BCUT2D eigenvalue weighted by Gasteiger charge is -2.27. The first kappa shape index (κ1) is 25.5. The van der Waals surface area contributed by atoms with Gasteiger partial charge in [-0.25, -0.2) is 14.4 Å². The summed E-state index contributed by atoms with van der Waals surface area (Å²) in [5, 5.41) is -0.732. The van der Waals surface area contributed by atoms with E-state index in [4.69, 9.17) is 21.5 Å².